The first-order chi connectivity index (χ1) is 7.16. The van der Waals surface area contributed by atoms with E-state index in [9.17, 15) is 26.5 Å². The molecule has 1 aliphatic heterocycles. The van der Waals surface area contributed by atoms with E-state index < -0.39 is 26.9 Å². The first kappa shape index (κ1) is 13.8. The summed E-state index contributed by atoms with van der Waals surface area (Å²) in [7, 11) is -4.03. The fourth-order valence-corrected chi connectivity index (χ4v) is 1.66. The molecule has 1 aliphatic rings. The van der Waals surface area contributed by atoms with Crippen molar-refractivity contribution in [3.05, 3.63) is 0 Å². The zero-order valence-corrected chi connectivity index (χ0v) is 8.39. The van der Waals surface area contributed by atoms with Gasteiger partial charge in [-0.05, 0) is 0 Å². The van der Waals surface area contributed by atoms with Crippen LogP contribution < -0.4 is 0 Å². The Kier molecular flexibility index (Phi) is 3.91. The van der Waals surface area contributed by atoms with Gasteiger partial charge in [-0.2, -0.15) is 22.0 Å². The SMILES string of the molecule is O=P1(OCOC(F)(F)C(F)(F)F)OCCO1. The Morgan fingerprint density at radius 2 is 1.62 bits per heavy atom. The van der Waals surface area contributed by atoms with E-state index in [0.717, 1.165) is 0 Å². The lowest BCUT2D eigenvalue weighted by Gasteiger charge is -2.19. The van der Waals surface area contributed by atoms with Gasteiger partial charge in [-0.3, -0.25) is 18.3 Å². The lowest BCUT2D eigenvalue weighted by Crippen LogP contribution is -2.39. The van der Waals surface area contributed by atoms with E-state index in [1.165, 1.54) is 0 Å². The molecule has 11 heteroatoms. The molecule has 0 aromatic rings. The molecule has 96 valence electrons. The molecule has 0 aromatic heterocycles. The summed E-state index contributed by atoms with van der Waals surface area (Å²) in [6.45, 7) is -1.77. The van der Waals surface area contributed by atoms with E-state index >= 15 is 0 Å². The molecule has 0 unspecified atom stereocenters. The Morgan fingerprint density at radius 1 is 1.12 bits per heavy atom. The van der Waals surface area contributed by atoms with Crippen molar-refractivity contribution in [2.75, 3.05) is 20.0 Å². The van der Waals surface area contributed by atoms with Gasteiger partial charge in [0, 0.05) is 0 Å². The van der Waals surface area contributed by atoms with E-state index in [-0.39, 0.29) is 13.2 Å². The lowest BCUT2D eigenvalue weighted by molar-refractivity contribution is -0.401. The number of alkyl halides is 5. The largest absolute Gasteiger partial charge is 0.483 e. The molecule has 0 aliphatic carbocycles. The van der Waals surface area contributed by atoms with E-state index in [1.807, 2.05) is 0 Å². The van der Waals surface area contributed by atoms with Crippen molar-refractivity contribution in [3.63, 3.8) is 0 Å². The second-order valence-corrected chi connectivity index (χ2v) is 4.19. The van der Waals surface area contributed by atoms with Crippen molar-refractivity contribution in [3.8, 4) is 0 Å². The molecule has 0 spiro atoms. The average Bonchev–Trinajstić information content (AvgIpc) is 2.50. The van der Waals surface area contributed by atoms with Gasteiger partial charge in [0.05, 0.1) is 13.2 Å². The summed E-state index contributed by atoms with van der Waals surface area (Å²) >= 11 is 0. The van der Waals surface area contributed by atoms with Crippen molar-refractivity contribution in [1.82, 2.24) is 0 Å². The topological polar surface area (TPSA) is 54.0 Å². The fraction of sp³-hybridized carbons (Fsp3) is 1.00. The van der Waals surface area contributed by atoms with Crippen LogP contribution in [0.15, 0.2) is 0 Å². The number of ether oxygens (including phenoxy) is 1. The van der Waals surface area contributed by atoms with Gasteiger partial charge >= 0.3 is 20.1 Å². The molecule has 1 rings (SSSR count). The highest BCUT2D eigenvalue weighted by molar-refractivity contribution is 7.48. The quantitative estimate of drug-likeness (QED) is 0.446. The van der Waals surface area contributed by atoms with Crippen LogP contribution in [0.25, 0.3) is 0 Å². The zero-order chi connectivity index (χ0) is 12.4. The fourth-order valence-electron chi connectivity index (χ4n) is 0.657. The molecule has 1 fully saturated rings. The van der Waals surface area contributed by atoms with E-state index in [4.69, 9.17) is 0 Å². The lowest BCUT2D eigenvalue weighted by atomic mass is 10.6. The second-order valence-electron chi connectivity index (χ2n) is 2.52. The van der Waals surface area contributed by atoms with Crippen molar-refractivity contribution >= 4 is 7.82 Å². The minimum Gasteiger partial charge on any atom is -0.286 e. The van der Waals surface area contributed by atoms with Crippen LogP contribution in [0, 0.1) is 0 Å². The number of hydrogen-bond acceptors (Lipinski definition) is 5. The van der Waals surface area contributed by atoms with Crippen LogP contribution in [0.5, 0.6) is 0 Å². The minimum absolute atomic E-state index is 0.104. The summed E-state index contributed by atoms with van der Waals surface area (Å²) in [5.41, 5.74) is 0. The monoisotopic (exact) mass is 272 g/mol. The molecule has 0 amide bonds. The molecule has 0 aromatic carbocycles. The first-order valence-corrected chi connectivity index (χ1v) is 5.24. The summed E-state index contributed by atoms with van der Waals surface area (Å²) in [5, 5.41) is 0. The molecule has 1 saturated heterocycles. The van der Waals surface area contributed by atoms with Gasteiger partial charge in [-0.25, -0.2) is 4.57 Å². The number of halogens is 5. The molecule has 5 nitrogen and oxygen atoms in total. The normalized spacial score (nSPS) is 21.3. The van der Waals surface area contributed by atoms with Gasteiger partial charge in [-0.1, -0.05) is 0 Å². The zero-order valence-electron chi connectivity index (χ0n) is 7.50. The third kappa shape index (κ3) is 3.36. The van der Waals surface area contributed by atoms with Crippen LogP contribution >= 0.6 is 7.82 Å². The minimum atomic E-state index is -5.87. The van der Waals surface area contributed by atoms with Gasteiger partial charge < -0.3 is 0 Å². The molecule has 0 saturated carbocycles. The molecule has 0 N–H and O–H groups in total. The van der Waals surface area contributed by atoms with Gasteiger partial charge in [0.15, 0.2) is 6.79 Å². The van der Waals surface area contributed by atoms with Gasteiger partial charge in [-0.15, -0.1) is 0 Å². The Balaban J connectivity index is 2.38. The maximum atomic E-state index is 12.1. The van der Waals surface area contributed by atoms with Gasteiger partial charge in [0.25, 0.3) is 0 Å². The van der Waals surface area contributed by atoms with Gasteiger partial charge in [0.1, 0.15) is 0 Å². The van der Waals surface area contributed by atoms with Crippen LogP contribution in [0.2, 0.25) is 0 Å². The van der Waals surface area contributed by atoms with E-state index in [1.54, 1.807) is 0 Å². The Labute approximate surface area is 86.0 Å². The van der Waals surface area contributed by atoms with Crippen molar-refractivity contribution in [2.45, 2.75) is 12.3 Å². The van der Waals surface area contributed by atoms with Crippen LogP contribution in [0.1, 0.15) is 0 Å². The van der Waals surface area contributed by atoms with Crippen LogP contribution in [-0.4, -0.2) is 32.3 Å². The van der Waals surface area contributed by atoms with Crippen molar-refractivity contribution in [1.29, 1.82) is 0 Å². The summed E-state index contributed by atoms with van der Waals surface area (Å²) in [6, 6.07) is 0. The smallest absolute Gasteiger partial charge is 0.286 e. The van der Waals surface area contributed by atoms with Crippen LogP contribution in [0.4, 0.5) is 22.0 Å². The summed E-state index contributed by atoms with van der Waals surface area (Å²) < 4.78 is 85.9. The highest BCUT2D eigenvalue weighted by Crippen LogP contribution is 2.53. The predicted molar refractivity (Wildman–Crippen MR) is 37.5 cm³/mol. The van der Waals surface area contributed by atoms with Crippen molar-refractivity contribution in [2.24, 2.45) is 0 Å². The van der Waals surface area contributed by atoms with E-state index in [2.05, 4.69) is 18.3 Å². The second kappa shape index (κ2) is 4.53. The Bertz CT molecular complexity index is 281. The molecule has 0 atom stereocenters. The van der Waals surface area contributed by atoms with E-state index in [0.29, 0.717) is 0 Å². The standard InChI is InChI=1S/C5H6F5O5P/c6-4(7,8)5(9,10)12-3-15-16(11)13-1-2-14-16/h1-3H2. The van der Waals surface area contributed by atoms with Crippen LogP contribution in [-0.2, 0) is 22.9 Å². The highest BCUT2D eigenvalue weighted by Gasteiger charge is 2.59. The third-order valence-corrected chi connectivity index (χ3v) is 2.78. The molecule has 1 heterocycles. The third-order valence-electron chi connectivity index (χ3n) is 1.36. The Hall–Kier alpha value is -0.280. The predicted octanol–water partition coefficient (Wildman–Crippen LogP) is 2.29. The first-order valence-electron chi connectivity index (χ1n) is 3.78. The van der Waals surface area contributed by atoms with Crippen LogP contribution in [0.3, 0.4) is 0 Å². The molecule has 0 bridgehead atoms. The number of phosphoric ester groups is 1. The number of rotatable bonds is 4. The van der Waals surface area contributed by atoms with Gasteiger partial charge in [0.2, 0.25) is 0 Å². The number of phosphoric acid groups is 1. The Morgan fingerprint density at radius 3 is 2.06 bits per heavy atom. The summed E-state index contributed by atoms with van der Waals surface area (Å²) in [4.78, 5) is 0. The number of hydrogen-bond donors (Lipinski definition) is 0. The highest BCUT2D eigenvalue weighted by atomic mass is 31.2. The molecular weight excluding hydrogens is 266 g/mol. The summed E-state index contributed by atoms with van der Waals surface area (Å²) in [5.74, 6) is 0. The molecule has 0 radical (unpaired) electrons. The maximum absolute atomic E-state index is 12.1. The summed E-state index contributed by atoms with van der Waals surface area (Å²) in [6.07, 6.45) is -11.3. The maximum Gasteiger partial charge on any atom is 0.483 e. The van der Waals surface area contributed by atoms with Crippen molar-refractivity contribution < 1.29 is 44.8 Å². The average molecular weight is 272 g/mol. The molecular formula is C5H6F5O5P. The molecule has 16 heavy (non-hydrogen) atoms.